The third-order valence-electron chi connectivity index (χ3n) is 2.76. The molecule has 0 aromatic carbocycles. The van der Waals surface area contributed by atoms with Crippen LogP contribution in [-0.4, -0.2) is 63.9 Å². The lowest BCUT2D eigenvalue weighted by Crippen LogP contribution is -2.41. The number of carbonyl (C=O) groups excluding carboxylic acids is 2. The number of esters is 2. The van der Waals surface area contributed by atoms with E-state index in [0.717, 1.165) is 13.1 Å². The zero-order chi connectivity index (χ0) is 12.7. The van der Waals surface area contributed by atoms with Gasteiger partial charge in [0.15, 0.2) is 0 Å². The van der Waals surface area contributed by atoms with Gasteiger partial charge in [-0.15, -0.1) is 0 Å². The zero-order valence-electron chi connectivity index (χ0n) is 10.3. The number of methoxy groups -OCH3 is 2. The standard InChI is InChI=1S/C11H19NO5/c1-15-10(13)7-9(11(14)16-2)8-12-3-5-17-6-4-12/h9H,3-8H2,1-2H3. The number of hydrogen-bond donors (Lipinski definition) is 0. The Kier molecular flexibility index (Phi) is 5.93. The van der Waals surface area contributed by atoms with Gasteiger partial charge >= 0.3 is 11.9 Å². The maximum atomic E-state index is 11.5. The van der Waals surface area contributed by atoms with Gasteiger partial charge in [-0.05, 0) is 0 Å². The van der Waals surface area contributed by atoms with Crippen molar-refractivity contribution >= 4 is 11.9 Å². The van der Waals surface area contributed by atoms with Crippen molar-refractivity contribution in [2.45, 2.75) is 6.42 Å². The summed E-state index contributed by atoms with van der Waals surface area (Å²) in [5.41, 5.74) is 0. The van der Waals surface area contributed by atoms with Crippen LogP contribution in [0.2, 0.25) is 0 Å². The Morgan fingerprint density at radius 3 is 2.41 bits per heavy atom. The molecule has 0 aliphatic carbocycles. The van der Waals surface area contributed by atoms with Crippen molar-refractivity contribution in [3.63, 3.8) is 0 Å². The second kappa shape index (κ2) is 7.24. The summed E-state index contributed by atoms with van der Waals surface area (Å²) in [5, 5.41) is 0. The van der Waals surface area contributed by atoms with Gasteiger partial charge in [-0.2, -0.15) is 0 Å². The summed E-state index contributed by atoms with van der Waals surface area (Å²) < 4.78 is 14.5. The number of ether oxygens (including phenoxy) is 3. The van der Waals surface area contributed by atoms with Crippen LogP contribution in [-0.2, 0) is 23.8 Å². The summed E-state index contributed by atoms with van der Waals surface area (Å²) in [5.74, 6) is -1.24. The smallest absolute Gasteiger partial charge is 0.310 e. The first-order chi connectivity index (χ1) is 8.17. The van der Waals surface area contributed by atoms with Crippen LogP contribution in [0.4, 0.5) is 0 Å². The molecule has 1 aliphatic rings. The van der Waals surface area contributed by atoms with Crippen LogP contribution in [0.5, 0.6) is 0 Å². The molecule has 0 radical (unpaired) electrons. The van der Waals surface area contributed by atoms with Crippen molar-refractivity contribution in [2.24, 2.45) is 5.92 Å². The van der Waals surface area contributed by atoms with Crippen molar-refractivity contribution in [2.75, 3.05) is 47.1 Å². The lowest BCUT2D eigenvalue weighted by molar-refractivity contribution is -0.153. The predicted octanol–water partition coefficient (Wildman–Crippen LogP) is -0.329. The molecular formula is C11H19NO5. The number of carbonyl (C=O) groups is 2. The minimum atomic E-state index is -0.467. The molecule has 17 heavy (non-hydrogen) atoms. The molecule has 0 aromatic rings. The van der Waals surface area contributed by atoms with Gasteiger partial charge in [-0.1, -0.05) is 0 Å². The SMILES string of the molecule is COC(=O)CC(CN1CCOCC1)C(=O)OC. The van der Waals surface area contributed by atoms with E-state index in [4.69, 9.17) is 9.47 Å². The van der Waals surface area contributed by atoms with E-state index in [-0.39, 0.29) is 12.4 Å². The third-order valence-corrected chi connectivity index (χ3v) is 2.76. The van der Waals surface area contributed by atoms with Crippen LogP contribution in [0.3, 0.4) is 0 Å². The highest BCUT2D eigenvalue weighted by Crippen LogP contribution is 2.11. The Morgan fingerprint density at radius 1 is 1.24 bits per heavy atom. The minimum absolute atomic E-state index is 0.0561. The summed E-state index contributed by atoms with van der Waals surface area (Å²) in [6.07, 6.45) is 0.0561. The van der Waals surface area contributed by atoms with Gasteiger partial charge in [0.2, 0.25) is 0 Å². The third kappa shape index (κ3) is 4.70. The fourth-order valence-corrected chi connectivity index (χ4v) is 1.77. The molecule has 0 aromatic heterocycles. The summed E-state index contributed by atoms with van der Waals surface area (Å²) in [6, 6.07) is 0. The number of morpholine rings is 1. The van der Waals surface area contributed by atoms with E-state index in [1.807, 2.05) is 0 Å². The maximum absolute atomic E-state index is 11.5. The Morgan fingerprint density at radius 2 is 1.88 bits per heavy atom. The molecule has 1 saturated heterocycles. The Labute approximate surface area is 101 Å². The van der Waals surface area contributed by atoms with Crippen molar-refractivity contribution in [1.82, 2.24) is 4.90 Å². The second-order valence-corrected chi connectivity index (χ2v) is 3.91. The fourth-order valence-electron chi connectivity index (χ4n) is 1.77. The first kappa shape index (κ1) is 13.9. The predicted molar refractivity (Wildman–Crippen MR) is 59.4 cm³/mol. The molecule has 1 rings (SSSR count). The van der Waals surface area contributed by atoms with E-state index < -0.39 is 11.9 Å². The molecule has 6 nitrogen and oxygen atoms in total. The molecule has 0 spiro atoms. The summed E-state index contributed by atoms with van der Waals surface area (Å²) >= 11 is 0. The minimum Gasteiger partial charge on any atom is -0.469 e. The second-order valence-electron chi connectivity index (χ2n) is 3.91. The molecule has 1 unspecified atom stereocenters. The number of nitrogens with zero attached hydrogens (tertiary/aromatic N) is 1. The van der Waals surface area contributed by atoms with Crippen LogP contribution in [0, 0.1) is 5.92 Å². The quantitative estimate of drug-likeness (QED) is 0.618. The van der Waals surface area contributed by atoms with Crippen LogP contribution < -0.4 is 0 Å². The Hall–Kier alpha value is -1.14. The molecule has 98 valence electrons. The van der Waals surface area contributed by atoms with Crippen LogP contribution in [0.15, 0.2) is 0 Å². The van der Waals surface area contributed by atoms with E-state index >= 15 is 0 Å². The topological polar surface area (TPSA) is 65.1 Å². The largest absolute Gasteiger partial charge is 0.469 e. The molecule has 0 bridgehead atoms. The van der Waals surface area contributed by atoms with Gasteiger partial charge in [0.05, 0.1) is 39.8 Å². The molecule has 1 heterocycles. The van der Waals surface area contributed by atoms with Crippen LogP contribution in [0.1, 0.15) is 6.42 Å². The van der Waals surface area contributed by atoms with E-state index in [1.54, 1.807) is 0 Å². The zero-order valence-corrected chi connectivity index (χ0v) is 10.3. The van der Waals surface area contributed by atoms with E-state index in [2.05, 4.69) is 9.64 Å². The molecule has 0 N–H and O–H groups in total. The Bertz CT molecular complexity index is 263. The van der Waals surface area contributed by atoms with Gasteiger partial charge < -0.3 is 14.2 Å². The van der Waals surface area contributed by atoms with Gasteiger partial charge in [-0.3, -0.25) is 14.5 Å². The first-order valence-electron chi connectivity index (χ1n) is 5.62. The Balaban J connectivity index is 2.49. The number of hydrogen-bond acceptors (Lipinski definition) is 6. The highest BCUT2D eigenvalue weighted by molar-refractivity contribution is 5.80. The molecule has 1 aliphatic heterocycles. The first-order valence-corrected chi connectivity index (χ1v) is 5.62. The van der Waals surface area contributed by atoms with Crippen LogP contribution in [0.25, 0.3) is 0 Å². The lowest BCUT2D eigenvalue weighted by atomic mass is 10.1. The normalized spacial score (nSPS) is 18.5. The molecular weight excluding hydrogens is 226 g/mol. The van der Waals surface area contributed by atoms with E-state index in [0.29, 0.717) is 19.8 Å². The molecule has 1 fully saturated rings. The molecule has 0 amide bonds. The van der Waals surface area contributed by atoms with Crippen molar-refractivity contribution in [1.29, 1.82) is 0 Å². The lowest BCUT2D eigenvalue weighted by Gasteiger charge is -2.29. The average Bonchev–Trinajstić information content (AvgIpc) is 2.38. The van der Waals surface area contributed by atoms with Gasteiger partial charge in [0.1, 0.15) is 0 Å². The van der Waals surface area contributed by atoms with Gasteiger partial charge in [0, 0.05) is 19.6 Å². The summed E-state index contributed by atoms with van der Waals surface area (Å²) in [4.78, 5) is 24.9. The summed E-state index contributed by atoms with van der Waals surface area (Å²) in [7, 11) is 2.64. The van der Waals surface area contributed by atoms with Crippen molar-refractivity contribution < 1.29 is 23.8 Å². The monoisotopic (exact) mass is 245 g/mol. The fraction of sp³-hybridized carbons (Fsp3) is 0.818. The van der Waals surface area contributed by atoms with Gasteiger partial charge in [0.25, 0.3) is 0 Å². The van der Waals surface area contributed by atoms with E-state index in [9.17, 15) is 9.59 Å². The molecule has 6 heteroatoms. The van der Waals surface area contributed by atoms with E-state index in [1.165, 1.54) is 14.2 Å². The highest BCUT2D eigenvalue weighted by atomic mass is 16.5. The average molecular weight is 245 g/mol. The van der Waals surface area contributed by atoms with Crippen molar-refractivity contribution in [3.05, 3.63) is 0 Å². The highest BCUT2D eigenvalue weighted by Gasteiger charge is 2.26. The van der Waals surface area contributed by atoms with Gasteiger partial charge in [-0.25, -0.2) is 0 Å². The van der Waals surface area contributed by atoms with Crippen LogP contribution >= 0.6 is 0 Å². The summed E-state index contributed by atoms with van der Waals surface area (Å²) in [6.45, 7) is 3.37. The van der Waals surface area contributed by atoms with Crippen molar-refractivity contribution in [3.8, 4) is 0 Å². The molecule has 0 saturated carbocycles. The number of rotatable bonds is 5. The maximum Gasteiger partial charge on any atom is 0.310 e. The molecule has 1 atom stereocenters.